The Balaban J connectivity index is 1.81. The van der Waals surface area contributed by atoms with Crippen molar-refractivity contribution in [1.29, 1.82) is 0 Å². The summed E-state index contributed by atoms with van der Waals surface area (Å²) in [6, 6.07) is 8.84. The fraction of sp³-hybridized carbons (Fsp3) is 0.724. The van der Waals surface area contributed by atoms with Crippen molar-refractivity contribution >= 4 is 22.0 Å². The van der Waals surface area contributed by atoms with Gasteiger partial charge in [0.25, 0.3) is 0 Å². The summed E-state index contributed by atoms with van der Waals surface area (Å²) >= 11 is 0. The molecule has 1 heterocycles. The predicted molar refractivity (Wildman–Crippen MR) is 144 cm³/mol. The Morgan fingerprint density at radius 1 is 1.11 bits per heavy atom. The van der Waals surface area contributed by atoms with Gasteiger partial charge >= 0.3 is 11.9 Å². The molecule has 4 rings (SSSR count). The minimum Gasteiger partial charge on any atom is -0.469 e. The molecule has 2 saturated carbocycles. The third-order valence-electron chi connectivity index (χ3n) is 9.69. The van der Waals surface area contributed by atoms with Crippen molar-refractivity contribution in [2.75, 3.05) is 12.9 Å². The van der Waals surface area contributed by atoms with Crippen LogP contribution in [-0.4, -0.2) is 61.0 Å². The van der Waals surface area contributed by atoms with Gasteiger partial charge in [0, 0.05) is 24.4 Å². The molecule has 2 aliphatic carbocycles. The number of ether oxygens (including phenoxy) is 3. The summed E-state index contributed by atoms with van der Waals surface area (Å²) in [5, 5.41) is 0. The first-order valence-electron chi connectivity index (χ1n) is 13.6. The highest BCUT2D eigenvalue weighted by Crippen LogP contribution is 2.74. The molecule has 1 aromatic carbocycles. The van der Waals surface area contributed by atoms with Crippen LogP contribution in [0.3, 0.4) is 0 Å². The summed E-state index contributed by atoms with van der Waals surface area (Å²) in [4.78, 5) is 26.3. The van der Waals surface area contributed by atoms with Crippen LogP contribution >= 0.6 is 0 Å². The molecule has 3 aliphatic rings. The lowest BCUT2D eigenvalue weighted by Crippen LogP contribution is -2.58. The maximum atomic E-state index is 14.0. The Labute approximate surface area is 227 Å². The van der Waals surface area contributed by atoms with Gasteiger partial charge in [0.1, 0.15) is 0 Å². The molecule has 0 aromatic heterocycles. The van der Waals surface area contributed by atoms with Gasteiger partial charge in [0.05, 0.1) is 24.7 Å². The zero-order valence-electron chi connectivity index (χ0n) is 23.9. The van der Waals surface area contributed by atoms with Gasteiger partial charge in [-0.25, -0.2) is 13.2 Å². The summed E-state index contributed by atoms with van der Waals surface area (Å²) in [6.07, 6.45) is 1.77. The summed E-state index contributed by atoms with van der Waals surface area (Å²) in [7, 11) is -2.43. The standard InChI is InChI=1S/C29H43NO7S/c1-19(2)30(20(3)4)38(33,34)18-28-15-14-22(26(28,5)6)17-29(28)36-25(32)27(7,37-29)23(16-24(31)35-8)21-12-10-9-11-13-21/h9-13,19-20,22-23H,14-18H2,1-8H3/t22-,23+,27-,28+,29-/m1/s1. The molecule has 3 fully saturated rings. The van der Waals surface area contributed by atoms with Crippen LogP contribution in [0, 0.1) is 16.7 Å². The van der Waals surface area contributed by atoms with Gasteiger partial charge in [0.2, 0.25) is 15.8 Å². The molecule has 38 heavy (non-hydrogen) atoms. The average Bonchev–Trinajstić information content (AvgIpc) is 3.28. The lowest BCUT2D eigenvalue weighted by atomic mass is 9.68. The molecule has 9 heteroatoms. The molecule has 0 unspecified atom stereocenters. The quantitative estimate of drug-likeness (QED) is 0.414. The maximum Gasteiger partial charge on any atom is 0.341 e. The Morgan fingerprint density at radius 2 is 1.71 bits per heavy atom. The van der Waals surface area contributed by atoms with Gasteiger partial charge in [-0.3, -0.25) is 4.79 Å². The van der Waals surface area contributed by atoms with E-state index in [2.05, 4.69) is 13.8 Å². The van der Waals surface area contributed by atoms with E-state index in [9.17, 15) is 18.0 Å². The monoisotopic (exact) mass is 549 g/mol. The van der Waals surface area contributed by atoms with E-state index in [1.165, 1.54) is 7.11 Å². The molecule has 1 aromatic rings. The van der Waals surface area contributed by atoms with Gasteiger partial charge in [-0.05, 0) is 64.4 Å². The van der Waals surface area contributed by atoms with E-state index in [0.29, 0.717) is 12.8 Å². The summed E-state index contributed by atoms with van der Waals surface area (Å²) in [6.45, 7) is 13.3. The molecule has 8 nitrogen and oxygen atoms in total. The number of nitrogens with zero attached hydrogens (tertiary/aromatic N) is 1. The van der Waals surface area contributed by atoms with Crippen LogP contribution in [0.1, 0.15) is 85.6 Å². The normalized spacial score (nSPS) is 32.9. The third kappa shape index (κ3) is 4.20. The van der Waals surface area contributed by atoms with Crippen LogP contribution < -0.4 is 0 Å². The van der Waals surface area contributed by atoms with Crippen molar-refractivity contribution in [1.82, 2.24) is 4.31 Å². The number of rotatable bonds is 9. The molecular formula is C29H43NO7S. The molecule has 0 amide bonds. The van der Waals surface area contributed by atoms with Gasteiger partial charge in [-0.2, -0.15) is 4.31 Å². The highest BCUT2D eigenvalue weighted by Gasteiger charge is 2.79. The molecule has 5 atom stereocenters. The van der Waals surface area contributed by atoms with Crippen LogP contribution in [0.4, 0.5) is 0 Å². The van der Waals surface area contributed by atoms with Crippen molar-refractivity contribution in [3.05, 3.63) is 35.9 Å². The Kier molecular flexibility index (Phi) is 7.33. The zero-order chi connectivity index (χ0) is 28.3. The molecule has 0 N–H and O–H groups in total. The Hall–Kier alpha value is -1.97. The van der Waals surface area contributed by atoms with Crippen LogP contribution in [0.25, 0.3) is 0 Å². The lowest BCUT2D eigenvalue weighted by Gasteiger charge is -2.48. The average molecular weight is 550 g/mol. The molecule has 2 bridgehead atoms. The topological polar surface area (TPSA) is 99.2 Å². The predicted octanol–water partition coefficient (Wildman–Crippen LogP) is 4.64. The number of hydrogen-bond donors (Lipinski definition) is 0. The summed E-state index contributed by atoms with van der Waals surface area (Å²) < 4.78 is 47.7. The fourth-order valence-corrected chi connectivity index (χ4v) is 10.6. The minimum atomic E-state index is -3.74. The van der Waals surface area contributed by atoms with Crippen molar-refractivity contribution in [2.24, 2.45) is 16.7 Å². The first-order chi connectivity index (χ1) is 17.6. The minimum absolute atomic E-state index is 0.0746. The number of hydrogen-bond acceptors (Lipinski definition) is 7. The van der Waals surface area contributed by atoms with Gasteiger partial charge < -0.3 is 14.2 Å². The Bertz CT molecular complexity index is 1170. The van der Waals surface area contributed by atoms with Gasteiger partial charge in [-0.15, -0.1) is 0 Å². The van der Waals surface area contributed by atoms with Crippen molar-refractivity contribution in [3.8, 4) is 0 Å². The molecule has 1 spiro atoms. The van der Waals surface area contributed by atoms with E-state index < -0.39 is 50.1 Å². The van der Waals surface area contributed by atoms with Crippen molar-refractivity contribution in [2.45, 2.75) is 104 Å². The fourth-order valence-electron chi connectivity index (χ4n) is 7.76. The first-order valence-corrected chi connectivity index (χ1v) is 15.2. The SMILES string of the molecule is COC(=O)C[C@@H](c1ccccc1)[C@@]1(C)O[C@@]2(C[C@H]3CC[C@]2(CS(=O)(=O)N(C(C)C)C(C)C)C3(C)C)OC1=O. The van der Waals surface area contributed by atoms with Crippen molar-refractivity contribution < 1.29 is 32.2 Å². The lowest BCUT2D eigenvalue weighted by molar-refractivity contribution is -0.256. The second kappa shape index (κ2) is 9.59. The Morgan fingerprint density at radius 3 is 2.24 bits per heavy atom. The molecule has 0 radical (unpaired) electrons. The highest BCUT2D eigenvalue weighted by molar-refractivity contribution is 7.89. The number of fused-ring (bicyclic) bond motifs is 3. The van der Waals surface area contributed by atoms with E-state index in [-0.39, 0.29) is 30.2 Å². The number of carbonyl (C=O) groups excluding carboxylic acids is 2. The number of benzene rings is 1. The zero-order valence-corrected chi connectivity index (χ0v) is 24.8. The van der Waals surface area contributed by atoms with Crippen molar-refractivity contribution in [3.63, 3.8) is 0 Å². The van der Waals surface area contributed by atoms with E-state index >= 15 is 0 Å². The van der Waals surface area contributed by atoms with Crippen LogP contribution in [0.2, 0.25) is 0 Å². The van der Waals surface area contributed by atoms with Gasteiger partial charge in [-0.1, -0.05) is 44.2 Å². The second-order valence-corrected chi connectivity index (χ2v) is 14.5. The number of sulfonamides is 1. The number of carbonyl (C=O) groups is 2. The summed E-state index contributed by atoms with van der Waals surface area (Å²) in [5.74, 6) is -3.14. The van der Waals surface area contributed by atoms with E-state index in [0.717, 1.165) is 12.0 Å². The maximum absolute atomic E-state index is 14.0. The van der Waals surface area contributed by atoms with Gasteiger partial charge in [0.15, 0.2) is 5.60 Å². The largest absolute Gasteiger partial charge is 0.469 e. The second-order valence-electron chi connectivity index (χ2n) is 12.6. The summed E-state index contributed by atoms with van der Waals surface area (Å²) in [5.41, 5.74) is -2.13. The molecular weight excluding hydrogens is 506 g/mol. The number of methoxy groups -OCH3 is 1. The smallest absolute Gasteiger partial charge is 0.341 e. The first kappa shape index (κ1) is 29.0. The van der Waals surface area contributed by atoms with E-state index in [1.807, 2.05) is 58.0 Å². The molecule has 1 aliphatic heterocycles. The number of esters is 2. The van der Waals surface area contributed by atoms with E-state index in [4.69, 9.17) is 14.2 Å². The molecule has 212 valence electrons. The van der Waals surface area contributed by atoms with Crippen LogP contribution in [0.15, 0.2) is 30.3 Å². The third-order valence-corrected chi connectivity index (χ3v) is 12.0. The van der Waals surface area contributed by atoms with Crippen LogP contribution in [-0.2, 0) is 33.8 Å². The molecule has 1 saturated heterocycles. The highest BCUT2D eigenvalue weighted by atomic mass is 32.2. The van der Waals surface area contributed by atoms with E-state index in [1.54, 1.807) is 11.2 Å². The van der Waals surface area contributed by atoms with Crippen LogP contribution in [0.5, 0.6) is 0 Å².